The smallest absolute Gasteiger partial charge is 0.371 e. The number of benzene rings is 1. The maximum Gasteiger partial charge on any atom is 0.371 e. The second kappa shape index (κ2) is 5.64. The van der Waals surface area contributed by atoms with Crippen molar-refractivity contribution in [3.05, 3.63) is 47.2 Å². The van der Waals surface area contributed by atoms with Crippen LogP contribution in [0.4, 0.5) is 0 Å². The molecule has 1 heterocycles. The van der Waals surface area contributed by atoms with Gasteiger partial charge in [-0.15, -0.1) is 0 Å². The first-order valence-electron chi connectivity index (χ1n) is 6.95. The Hall–Kier alpha value is -2.23. The van der Waals surface area contributed by atoms with Crippen LogP contribution in [0.1, 0.15) is 49.4 Å². The summed E-state index contributed by atoms with van der Waals surface area (Å²) in [6.45, 7) is 8.44. The van der Waals surface area contributed by atoms with E-state index in [9.17, 15) is 4.79 Å². The molecule has 0 aliphatic rings. The van der Waals surface area contributed by atoms with Crippen molar-refractivity contribution >= 4 is 5.97 Å². The average molecular weight is 288 g/mol. The van der Waals surface area contributed by atoms with Crippen LogP contribution in [0, 0.1) is 0 Å². The van der Waals surface area contributed by atoms with Crippen molar-refractivity contribution in [2.45, 2.75) is 39.5 Å². The maximum absolute atomic E-state index is 10.8. The second-order valence-electron chi connectivity index (χ2n) is 5.96. The van der Waals surface area contributed by atoms with Crippen molar-refractivity contribution in [1.82, 2.24) is 0 Å². The Morgan fingerprint density at radius 3 is 2.48 bits per heavy atom. The van der Waals surface area contributed by atoms with Gasteiger partial charge in [-0.2, -0.15) is 0 Å². The number of carbonyl (C=O) groups is 1. The Balaban J connectivity index is 2.36. The van der Waals surface area contributed by atoms with Gasteiger partial charge >= 0.3 is 5.97 Å². The van der Waals surface area contributed by atoms with Crippen LogP contribution in [0.25, 0.3) is 0 Å². The van der Waals surface area contributed by atoms with Crippen LogP contribution in [-0.4, -0.2) is 11.1 Å². The molecule has 0 saturated carbocycles. The summed E-state index contributed by atoms with van der Waals surface area (Å²) >= 11 is 0. The molecule has 2 aromatic rings. The average Bonchev–Trinajstić information content (AvgIpc) is 2.86. The minimum atomic E-state index is -1.11. The maximum atomic E-state index is 10.8. The van der Waals surface area contributed by atoms with Gasteiger partial charge < -0.3 is 14.3 Å². The summed E-state index contributed by atoms with van der Waals surface area (Å²) in [6, 6.07) is 8.93. The summed E-state index contributed by atoms with van der Waals surface area (Å²) in [7, 11) is 0. The van der Waals surface area contributed by atoms with Gasteiger partial charge in [-0.05, 0) is 29.5 Å². The van der Waals surface area contributed by atoms with Crippen molar-refractivity contribution in [2.75, 3.05) is 0 Å². The molecule has 0 atom stereocenters. The highest BCUT2D eigenvalue weighted by atomic mass is 16.6. The van der Waals surface area contributed by atoms with Crippen LogP contribution >= 0.6 is 0 Å². The van der Waals surface area contributed by atoms with Crippen LogP contribution in [0.5, 0.6) is 11.7 Å². The minimum absolute atomic E-state index is 0.0806. The van der Waals surface area contributed by atoms with Crippen LogP contribution in [0.2, 0.25) is 0 Å². The summed E-state index contributed by atoms with van der Waals surface area (Å²) in [5.41, 5.74) is 2.22. The molecule has 4 nitrogen and oxygen atoms in total. The van der Waals surface area contributed by atoms with E-state index in [0.29, 0.717) is 5.75 Å². The third-order valence-corrected chi connectivity index (χ3v) is 3.26. The molecule has 2 rings (SSSR count). The SMILES string of the molecule is CCc1ccc(Oc2ccc(C(=O)O)o2)c(C(C)(C)C)c1. The van der Waals surface area contributed by atoms with Crippen molar-refractivity contribution in [1.29, 1.82) is 0 Å². The van der Waals surface area contributed by atoms with Gasteiger partial charge in [0, 0.05) is 11.6 Å². The molecular weight excluding hydrogens is 268 g/mol. The van der Waals surface area contributed by atoms with E-state index >= 15 is 0 Å². The molecule has 0 unspecified atom stereocenters. The highest BCUT2D eigenvalue weighted by Gasteiger charge is 2.21. The molecule has 0 aliphatic carbocycles. The van der Waals surface area contributed by atoms with Gasteiger partial charge in [0.05, 0.1) is 0 Å². The zero-order valence-electron chi connectivity index (χ0n) is 12.8. The fourth-order valence-corrected chi connectivity index (χ4v) is 2.07. The van der Waals surface area contributed by atoms with E-state index in [-0.39, 0.29) is 17.1 Å². The zero-order chi connectivity index (χ0) is 15.6. The Bertz CT molecular complexity index is 647. The van der Waals surface area contributed by atoms with Crippen LogP contribution in [0.15, 0.2) is 34.7 Å². The van der Waals surface area contributed by atoms with E-state index in [1.807, 2.05) is 12.1 Å². The standard InChI is InChI=1S/C17H20O4/c1-5-11-6-7-13(12(10-11)17(2,3)4)20-15-9-8-14(21-15)16(18)19/h6-10H,5H2,1-4H3,(H,18,19). The Morgan fingerprint density at radius 2 is 1.95 bits per heavy atom. The van der Waals surface area contributed by atoms with Crippen molar-refractivity contribution < 1.29 is 19.1 Å². The molecule has 0 spiro atoms. The minimum Gasteiger partial charge on any atom is -0.475 e. The summed E-state index contributed by atoms with van der Waals surface area (Å²) in [5, 5.41) is 8.87. The molecule has 1 N–H and O–H groups in total. The lowest BCUT2D eigenvalue weighted by molar-refractivity contribution is 0.0657. The van der Waals surface area contributed by atoms with E-state index in [2.05, 4.69) is 33.8 Å². The van der Waals surface area contributed by atoms with Crippen LogP contribution < -0.4 is 4.74 Å². The quantitative estimate of drug-likeness (QED) is 0.891. The molecule has 112 valence electrons. The molecule has 0 amide bonds. The van der Waals surface area contributed by atoms with E-state index in [1.165, 1.54) is 17.7 Å². The normalized spacial score (nSPS) is 11.4. The van der Waals surface area contributed by atoms with Gasteiger partial charge in [0.2, 0.25) is 5.76 Å². The fourth-order valence-electron chi connectivity index (χ4n) is 2.07. The molecule has 21 heavy (non-hydrogen) atoms. The summed E-state index contributed by atoms with van der Waals surface area (Å²) < 4.78 is 10.9. The number of ether oxygens (including phenoxy) is 1. The molecule has 0 aliphatic heterocycles. The van der Waals surface area contributed by atoms with Crippen molar-refractivity contribution in [3.8, 4) is 11.7 Å². The Labute approximate surface area is 124 Å². The molecule has 1 aromatic carbocycles. The topological polar surface area (TPSA) is 59.7 Å². The first-order valence-corrected chi connectivity index (χ1v) is 6.95. The highest BCUT2D eigenvalue weighted by molar-refractivity contribution is 5.84. The lowest BCUT2D eigenvalue weighted by Gasteiger charge is -2.23. The number of hydrogen-bond donors (Lipinski definition) is 1. The number of aryl methyl sites for hydroxylation is 1. The largest absolute Gasteiger partial charge is 0.475 e. The number of furan rings is 1. The number of carboxylic acid groups (broad SMARTS) is 1. The predicted octanol–water partition coefficient (Wildman–Crippen LogP) is 4.63. The predicted molar refractivity (Wildman–Crippen MR) is 80.3 cm³/mol. The fraction of sp³-hybridized carbons (Fsp3) is 0.353. The molecule has 4 heteroatoms. The van der Waals surface area contributed by atoms with E-state index < -0.39 is 5.97 Å². The lowest BCUT2D eigenvalue weighted by Crippen LogP contribution is -2.13. The van der Waals surface area contributed by atoms with E-state index in [1.54, 1.807) is 0 Å². The van der Waals surface area contributed by atoms with Gasteiger partial charge in [-0.1, -0.05) is 39.8 Å². The Morgan fingerprint density at radius 1 is 1.24 bits per heavy atom. The summed E-state index contributed by atoms with van der Waals surface area (Å²) in [4.78, 5) is 10.8. The Kier molecular flexibility index (Phi) is 4.07. The van der Waals surface area contributed by atoms with Crippen molar-refractivity contribution in [3.63, 3.8) is 0 Å². The molecule has 0 fully saturated rings. The number of rotatable bonds is 4. The summed E-state index contributed by atoms with van der Waals surface area (Å²) in [6.07, 6.45) is 0.952. The van der Waals surface area contributed by atoms with Gasteiger partial charge in [0.15, 0.2) is 0 Å². The number of hydrogen-bond acceptors (Lipinski definition) is 3. The van der Waals surface area contributed by atoms with Crippen molar-refractivity contribution in [2.24, 2.45) is 0 Å². The molecule has 1 aromatic heterocycles. The molecular formula is C17H20O4. The van der Waals surface area contributed by atoms with Crippen LogP contribution in [-0.2, 0) is 11.8 Å². The van der Waals surface area contributed by atoms with Gasteiger partial charge in [-0.25, -0.2) is 4.79 Å². The van der Waals surface area contributed by atoms with Crippen LogP contribution in [0.3, 0.4) is 0 Å². The molecule has 0 saturated heterocycles. The lowest BCUT2D eigenvalue weighted by atomic mass is 9.85. The molecule has 0 radical (unpaired) electrons. The molecule has 0 bridgehead atoms. The third kappa shape index (κ3) is 3.45. The first kappa shape index (κ1) is 15.2. The number of carboxylic acids is 1. The highest BCUT2D eigenvalue weighted by Crippen LogP contribution is 2.35. The monoisotopic (exact) mass is 288 g/mol. The van der Waals surface area contributed by atoms with E-state index in [4.69, 9.17) is 14.3 Å². The summed E-state index contributed by atoms with van der Waals surface area (Å²) in [5.74, 6) is -0.372. The zero-order valence-corrected chi connectivity index (χ0v) is 12.8. The first-order chi connectivity index (χ1) is 9.81. The van der Waals surface area contributed by atoms with Gasteiger partial charge in [0.1, 0.15) is 5.75 Å². The van der Waals surface area contributed by atoms with Gasteiger partial charge in [-0.3, -0.25) is 0 Å². The second-order valence-corrected chi connectivity index (χ2v) is 5.96. The van der Waals surface area contributed by atoms with E-state index in [0.717, 1.165) is 12.0 Å². The number of aromatic carboxylic acids is 1. The third-order valence-electron chi connectivity index (χ3n) is 3.26. The van der Waals surface area contributed by atoms with Gasteiger partial charge in [0.25, 0.3) is 5.95 Å².